The molecule has 0 saturated carbocycles. The highest BCUT2D eigenvalue weighted by Crippen LogP contribution is 2.61. The number of hydrogen-bond donors (Lipinski definition) is 0. The minimum atomic E-state index is -0.492. The molecule has 0 unspecified atom stereocenters. The summed E-state index contributed by atoms with van der Waals surface area (Å²) in [6.07, 6.45) is 0. The molecule has 2 aromatic heterocycles. The standard InChI is InChI=1S/C24H6F2N4S.C18H6F2O2S.C3H2N2/c1-29-17(9-27)19-15-7-11(25)3-5-13(15)21-22-14-6-4-12(26)8-16(14)20(18(10-28)30-2)24(22)31-23(19)21;19-7-1-3-9-11(5-7)15(21)17-13(9)14-10-4-2-8(20)6-12(10)16(22)18(14)23-17;1-5-3-2-4/h3-8H;1-6H;3H2/b19-17-,20-18+;;. The first-order valence-electron chi connectivity index (χ1n) is 16.9. The van der Waals surface area contributed by atoms with Gasteiger partial charge >= 0.3 is 0 Å². The Labute approximate surface area is 337 Å². The quantitative estimate of drug-likeness (QED) is 0.0654. The van der Waals surface area contributed by atoms with E-state index >= 15 is 0 Å². The summed E-state index contributed by atoms with van der Waals surface area (Å²) < 4.78 is 55.9. The minimum absolute atomic E-state index is 0.0139. The Balaban J connectivity index is 0.000000152. The van der Waals surface area contributed by atoms with E-state index in [1.165, 1.54) is 59.9 Å². The smallest absolute Gasteiger partial charge is 0.298 e. The van der Waals surface area contributed by atoms with Crippen molar-refractivity contribution in [3.8, 4) is 40.5 Å². The minimum Gasteiger partial charge on any atom is -0.301 e. The molecule has 2 heterocycles. The summed E-state index contributed by atoms with van der Waals surface area (Å²) in [7, 11) is 0. The molecule has 0 N–H and O–H groups in total. The molecule has 2 aliphatic rings. The maximum atomic E-state index is 14.1. The zero-order valence-corrected chi connectivity index (χ0v) is 31.1. The highest BCUT2D eigenvalue weighted by Gasteiger charge is 2.39. The van der Waals surface area contributed by atoms with Crippen LogP contribution in [0.4, 0.5) is 17.6 Å². The molecule has 2 aliphatic carbocycles. The van der Waals surface area contributed by atoms with Gasteiger partial charge in [0.05, 0.1) is 34.7 Å². The number of rotatable bonds is 0. The fourth-order valence-electron chi connectivity index (χ4n) is 7.56. The Kier molecular flexibility index (Phi) is 9.17. The monoisotopic (exact) mass is 810 g/mol. The van der Waals surface area contributed by atoms with Crippen LogP contribution < -0.4 is 10.9 Å². The average molecular weight is 811 g/mol. The van der Waals surface area contributed by atoms with Crippen LogP contribution in [0.25, 0.3) is 89.7 Å². The third kappa shape index (κ3) is 5.65. The van der Waals surface area contributed by atoms with Crippen LogP contribution in [0.15, 0.2) is 93.8 Å². The van der Waals surface area contributed by atoms with Gasteiger partial charge in [-0.2, -0.15) is 5.26 Å². The summed E-state index contributed by atoms with van der Waals surface area (Å²) in [4.78, 5) is 35.6. The highest BCUT2D eigenvalue weighted by molar-refractivity contribution is 7.26. The molecule has 59 heavy (non-hydrogen) atoms. The third-order valence-corrected chi connectivity index (χ3v) is 12.2. The molecule has 8 aromatic rings. The Bertz CT molecular complexity index is 3390. The van der Waals surface area contributed by atoms with Gasteiger partial charge in [0.1, 0.15) is 29.3 Å². The fourth-order valence-corrected chi connectivity index (χ4v) is 10.2. The lowest BCUT2D eigenvalue weighted by Crippen LogP contribution is -1.94. The molecule has 0 atom stereocenters. The van der Waals surface area contributed by atoms with Crippen molar-refractivity contribution >= 4 is 75.5 Å². The Morgan fingerprint density at radius 3 is 1.32 bits per heavy atom. The second-order valence-corrected chi connectivity index (χ2v) is 14.8. The number of fused-ring (bicyclic) bond motifs is 14. The molecule has 0 saturated heterocycles. The van der Waals surface area contributed by atoms with Gasteiger partial charge in [-0.15, -0.1) is 22.7 Å². The largest absolute Gasteiger partial charge is 0.301 e. The summed E-state index contributed by atoms with van der Waals surface area (Å²) in [5, 5.41) is 29.9. The number of nitriles is 3. The van der Waals surface area contributed by atoms with Crippen molar-refractivity contribution in [3.05, 3.63) is 183 Å². The maximum Gasteiger partial charge on any atom is 0.298 e. The summed E-state index contributed by atoms with van der Waals surface area (Å²) in [6.45, 7) is 20.8. The molecule has 0 bridgehead atoms. The van der Waals surface area contributed by atoms with Crippen LogP contribution in [0.3, 0.4) is 0 Å². The molecular weight excluding hydrogens is 797 g/mol. The summed E-state index contributed by atoms with van der Waals surface area (Å²) in [5.41, 5.74) is 3.43. The van der Waals surface area contributed by atoms with Crippen molar-refractivity contribution in [2.45, 2.75) is 0 Å². The molecule has 0 amide bonds. The Hall–Kier alpha value is -8.24. The van der Waals surface area contributed by atoms with Crippen molar-refractivity contribution in [1.29, 1.82) is 15.8 Å². The summed E-state index contributed by atoms with van der Waals surface area (Å²) >= 11 is 2.33. The Morgan fingerprint density at radius 2 is 0.966 bits per heavy atom. The molecule has 6 aromatic carbocycles. The zero-order valence-electron chi connectivity index (χ0n) is 29.5. The van der Waals surface area contributed by atoms with E-state index in [1.807, 2.05) is 12.1 Å². The van der Waals surface area contributed by atoms with Crippen molar-refractivity contribution in [2.75, 3.05) is 6.54 Å². The molecule has 0 spiro atoms. The van der Waals surface area contributed by atoms with Gasteiger partial charge in [-0.3, -0.25) is 9.59 Å². The van der Waals surface area contributed by atoms with Crippen molar-refractivity contribution in [3.63, 3.8) is 0 Å². The third-order valence-electron chi connectivity index (χ3n) is 9.77. The second-order valence-electron chi connectivity index (χ2n) is 12.8. The van der Waals surface area contributed by atoms with Crippen LogP contribution in [-0.4, -0.2) is 6.54 Å². The zero-order chi connectivity index (χ0) is 41.9. The number of benzene rings is 4. The molecule has 0 fully saturated rings. The molecule has 276 valence electrons. The van der Waals surface area contributed by atoms with Crippen LogP contribution in [0.1, 0.15) is 20.9 Å². The number of nitrogens with zero attached hydrogens (tertiary/aromatic N) is 6. The predicted molar refractivity (Wildman–Crippen MR) is 218 cm³/mol. The number of halogens is 4. The predicted octanol–water partition coefficient (Wildman–Crippen LogP) is 11.1. The van der Waals surface area contributed by atoms with Crippen LogP contribution in [0, 0.1) is 77.0 Å². The second kappa shape index (κ2) is 14.4. The first-order valence-corrected chi connectivity index (χ1v) is 18.5. The fraction of sp³-hybridized carbons (Fsp3) is 0.0222. The van der Waals surface area contributed by atoms with Crippen LogP contribution in [0.5, 0.6) is 0 Å². The summed E-state index contributed by atoms with van der Waals surface area (Å²) in [5.74, 6) is -1.92. The van der Waals surface area contributed by atoms with E-state index in [1.54, 1.807) is 30.3 Å². The summed E-state index contributed by atoms with van der Waals surface area (Å²) in [6, 6.07) is 22.0. The van der Waals surface area contributed by atoms with Crippen molar-refractivity contribution in [1.82, 2.24) is 0 Å². The van der Waals surface area contributed by atoms with Crippen LogP contribution in [-0.2, 0) is 0 Å². The lowest BCUT2D eigenvalue weighted by atomic mass is 9.99. The van der Waals surface area contributed by atoms with Gasteiger partial charge in [0.2, 0.25) is 10.9 Å². The SMILES string of the molecule is O=c1c2cc(F)ccc2c2c1sc1c(=O)c3cc(F)ccc3c12.[C-]#[N+]/C(C#N)=C1/c2cc(F)ccc2-c2c1sc1c2-c2ccc(F)cc2/C1=C(/C#N)[N+]#[C-].[C-]#[N+]CC#N. The van der Waals surface area contributed by atoms with Gasteiger partial charge in [-0.1, -0.05) is 24.3 Å². The van der Waals surface area contributed by atoms with E-state index in [0.29, 0.717) is 96.0 Å². The molecule has 10 rings (SSSR count). The van der Waals surface area contributed by atoms with Gasteiger partial charge in [0.25, 0.3) is 17.9 Å². The van der Waals surface area contributed by atoms with E-state index in [9.17, 15) is 37.7 Å². The number of allylic oxidation sites excluding steroid dienone is 2. The maximum absolute atomic E-state index is 14.1. The van der Waals surface area contributed by atoms with Gasteiger partial charge in [0, 0.05) is 53.6 Å². The van der Waals surface area contributed by atoms with Crippen LogP contribution in [0.2, 0.25) is 0 Å². The lowest BCUT2D eigenvalue weighted by molar-refractivity contribution is 0.627. The molecule has 14 heteroatoms. The van der Waals surface area contributed by atoms with Crippen LogP contribution >= 0.6 is 22.7 Å². The molecule has 8 nitrogen and oxygen atoms in total. The van der Waals surface area contributed by atoms with E-state index in [2.05, 4.69) is 14.5 Å². The highest BCUT2D eigenvalue weighted by atomic mass is 32.1. The van der Waals surface area contributed by atoms with E-state index in [4.69, 9.17) is 25.0 Å². The number of hydrogen-bond acceptors (Lipinski definition) is 7. The van der Waals surface area contributed by atoms with Gasteiger partial charge in [-0.25, -0.2) is 44.3 Å². The molecule has 0 radical (unpaired) electrons. The molecule has 0 aliphatic heterocycles. The molecular formula is C45H14F4N6O2S2. The van der Waals surface area contributed by atoms with E-state index < -0.39 is 23.3 Å². The normalized spacial score (nSPS) is 13.3. The average Bonchev–Trinajstić information content (AvgIpc) is 4.04. The first-order chi connectivity index (χ1) is 28.5. The first kappa shape index (κ1) is 37.7. The topological polar surface area (TPSA) is 119 Å². The van der Waals surface area contributed by atoms with Gasteiger partial charge in [0.15, 0.2) is 0 Å². The lowest BCUT2D eigenvalue weighted by Gasteiger charge is -2.05. The Morgan fingerprint density at radius 1 is 0.559 bits per heavy atom. The van der Waals surface area contributed by atoms with E-state index in [-0.39, 0.29) is 28.8 Å². The van der Waals surface area contributed by atoms with Gasteiger partial charge in [-0.05, 0) is 81.6 Å². The van der Waals surface area contributed by atoms with Gasteiger partial charge < -0.3 is 4.85 Å². The van der Waals surface area contributed by atoms with E-state index in [0.717, 1.165) is 11.3 Å². The van der Waals surface area contributed by atoms with Crippen molar-refractivity contribution in [2.24, 2.45) is 0 Å². The number of thiophene rings is 2. The van der Waals surface area contributed by atoms with Crippen molar-refractivity contribution < 1.29 is 17.6 Å².